The molecule has 2 saturated heterocycles. The average Bonchev–Trinajstić information content (AvgIpc) is 3.37. The fourth-order valence-corrected chi connectivity index (χ4v) is 4.54. The lowest BCUT2D eigenvalue weighted by molar-refractivity contribution is -0.136. The highest BCUT2D eigenvalue weighted by atomic mass is 16.2. The highest BCUT2D eigenvalue weighted by Crippen LogP contribution is 2.30. The van der Waals surface area contributed by atoms with Crippen molar-refractivity contribution in [2.45, 2.75) is 44.2 Å². The number of piperidine rings is 2. The van der Waals surface area contributed by atoms with Crippen molar-refractivity contribution in [3.63, 3.8) is 0 Å². The van der Waals surface area contributed by atoms with E-state index < -0.39 is 29.7 Å². The molecule has 3 aliphatic heterocycles. The number of carbonyl (C=O) groups is 4. The van der Waals surface area contributed by atoms with Crippen molar-refractivity contribution < 1.29 is 19.2 Å². The van der Waals surface area contributed by atoms with Gasteiger partial charge in [-0.15, -0.1) is 5.10 Å². The van der Waals surface area contributed by atoms with Gasteiger partial charge >= 0.3 is 0 Å². The van der Waals surface area contributed by atoms with Gasteiger partial charge in [-0.05, 0) is 44.0 Å². The van der Waals surface area contributed by atoms with E-state index in [2.05, 4.69) is 31.1 Å². The molecule has 0 spiro atoms. The van der Waals surface area contributed by atoms with Crippen LogP contribution in [-0.2, 0) is 16.1 Å². The molecule has 3 aliphatic rings. The first-order valence-corrected chi connectivity index (χ1v) is 10.7. The number of nitrogens with one attached hydrogen (secondary N) is 4. The summed E-state index contributed by atoms with van der Waals surface area (Å²) in [4.78, 5) is 55.3. The van der Waals surface area contributed by atoms with Gasteiger partial charge in [-0.1, -0.05) is 12.1 Å². The lowest BCUT2D eigenvalue weighted by atomic mass is 9.98. The summed E-state index contributed by atoms with van der Waals surface area (Å²) in [5.41, 5.74) is 1.14. The lowest BCUT2D eigenvalue weighted by Gasteiger charge is -2.27. The van der Waals surface area contributed by atoms with Gasteiger partial charge in [0.1, 0.15) is 11.9 Å². The number of nitrogens with zero attached hydrogens (tertiary/aromatic N) is 3. The zero-order valence-electron chi connectivity index (χ0n) is 17.3. The van der Waals surface area contributed by atoms with Gasteiger partial charge in [0.05, 0.1) is 11.1 Å². The Bertz CT molecular complexity index is 1110. The van der Waals surface area contributed by atoms with E-state index in [0.717, 1.165) is 36.7 Å². The Balaban J connectivity index is 1.33. The van der Waals surface area contributed by atoms with Crippen LogP contribution in [0.2, 0.25) is 0 Å². The van der Waals surface area contributed by atoms with Crippen LogP contribution < -0.4 is 16.0 Å². The molecule has 5 rings (SSSR count). The zero-order chi connectivity index (χ0) is 22.2. The van der Waals surface area contributed by atoms with Gasteiger partial charge in [-0.2, -0.15) is 4.98 Å². The Morgan fingerprint density at radius 1 is 1.06 bits per heavy atom. The minimum Gasteiger partial charge on any atom is -0.349 e. The van der Waals surface area contributed by atoms with E-state index in [1.165, 1.54) is 0 Å². The number of aromatic nitrogens is 3. The van der Waals surface area contributed by atoms with E-state index in [4.69, 9.17) is 0 Å². The summed E-state index contributed by atoms with van der Waals surface area (Å²) in [7, 11) is 0. The fraction of sp³-hybridized carbons (Fsp3) is 0.429. The monoisotopic (exact) mass is 437 g/mol. The molecule has 0 aliphatic carbocycles. The second-order valence-corrected chi connectivity index (χ2v) is 8.21. The Morgan fingerprint density at radius 2 is 1.88 bits per heavy atom. The van der Waals surface area contributed by atoms with Crippen LogP contribution in [0.25, 0.3) is 0 Å². The molecule has 0 radical (unpaired) electrons. The molecule has 1 aromatic heterocycles. The third-order valence-electron chi connectivity index (χ3n) is 6.22. The molecule has 0 bridgehead atoms. The number of benzene rings is 1. The molecule has 4 N–H and O–H groups in total. The second-order valence-electron chi connectivity index (χ2n) is 8.21. The number of fused-ring (bicyclic) bond motifs is 1. The third kappa shape index (κ3) is 3.54. The zero-order valence-corrected chi connectivity index (χ0v) is 17.3. The van der Waals surface area contributed by atoms with Crippen molar-refractivity contribution in [2.75, 3.05) is 18.4 Å². The van der Waals surface area contributed by atoms with Gasteiger partial charge in [-0.25, -0.2) is 0 Å². The summed E-state index contributed by atoms with van der Waals surface area (Å²) in [5, 5.41) is 15.9. The van der Waals surface area contributed by atoms with E-state index >= 15 is 0 Å². The predicted molar refractivity (Wildman–Crippen MR) is 112 cm³/mol. The number of imide groups is 2. The van der Waals surface area contributed by atoms with Crippen LogP contribution >= 0.6 is 0 Å². The number of anilines is 1. The maximum Gasteiger partial charge on any atom is 0.262 e. The maximum absolute atomic E-state index is 13.1. The van der Waals surface area contributed by atoms with Crippen LogP contribution in [0, 0.1) is 0 Å². The summed E-state index contributed by atoms with van der Waals surface area (Å²) >= 11 is 0. The van der Waals surface area contributed by atoms with Crippen molar-refractivity contribution in [2.24, 2.45) is 0 Å². The summed E-state index contributed by atoms with van der Waals surface area (Å²) in [5.74, 6) is -0.474. The van der Waals surface area contributed by atoms with Gasteiger partial charge in [0.2, 0.25) is 17.8 Å². The topological polar surface area (TPSA) is 149 Å². The van der Waals surface area contributed by atoms with Crippen LogP contribution in [0.15, 0.2) is 18.2 Å². The van der Waals surface area contributed by atoms with E-state index in [9.17, 15) is 19.2 Å². The molecular formula is C21H23N7O4. The number of carbonyl (C=O) groups excluding carboxylic acids is 4. The second kappa shape index (κ2) is 8.15. The van der Waals surface area contributed by atoms with Gasteiger partial charge < -0.3 is 10.6 Å². The molecule has 1 unspecified atom stereocenters. The van der Waals surface area contributed by atoms with Crippen LogP contribution in [0.4, 0.5) is 5.95 Å². The highest BCUT2D eigenvalue weighted by Gasteiger charge is 2.45. The summed E-state index contributed by atoms with van der Waals surface area (Å²) in [6.07, 6.45) is 2.20. The molecular weight excluding hydrogens is 414 g/mol. The molecule has 166 valence electrons. The normalized spacial score (nSPS) is 21.6. The Kier molecular flexibility index (Phi) is 5.17. The molecule has 0 saturated carbocycles. The number of hydrogen-bond donors (Lipinski definition) is 4. The summed E-state index contributed by atoms with van der Waals surface area (Å²) in [6, 6.07) is 4.05. The van der Waals surface area contributed by atoms with E-state index in [-0.39, 0.29) is 30.5 Å². The van der Waals surface area contributed by atoms with Crippen molar-refractivity contribution in [3.8, 4) is 0 Å². The Morgan fingerprint density at radius 3 is 2.66 bits per heavy atom. The predicted octanol–water partition coefficient (Wildman–Crippen LogP) is 0.285. The number of aromatic amines is 1. The Labute approximate surface area is 183 Å². The standard InChI is InChI=1S/C21H23N7O4/c29-15-5-4-14(18(30)24-15)28-19(31)13-3-1-2-12(16(13)20(28)32)10-23-21-25-17(26-27-21)11-6-8-22-9-7-11/h1-3,11,14,22H,4-10H2,(H,24,29,30)(H2,23,25,26,27). The molecule has 4 amide bonds. The molecule has 32 heavy (non-hydrogen) atoms. The van der Waals surface area contributed by atoms with Crippen LogP contribution in [0.3, 0.4) is 0 Å². The number of hydrogen-bond acceptors (Lipinski definition) is 8. The maximum atomic E-state index is 13.1. The minimum atomic E-state index is -0.985. The number of amides is 4. The summed E-state index contributed by atoms with van der Waals surface area (Å²) < 4.78 is 0. The van der Waals surface area contributed by atoms with Crippen molar-refractivity contribution in [1.29, 1.82) is 0 Å². The first kappa shape index (κ1) is 20.3. The average molecular weight is 437 g/mol. The van der Waals surface area contributed by atoms with Crippen molar-refractivity contribution in [3.05, 3.63) is 40.7 Å². The molecule has 11 nitrogen and oxygen atoms in total. The quantitative estimate of drug-likeness (QED) is 0.488. The molecule has 2 fully saturated rings. The van der Waals surface area contributed by atoms with Gasteiger partial charge in [-0.3, -0.25) is 34.5 Å². The number of H-pyrrole nitrogens is 1. The molecule has 1 aromatic carbocycles. The Hall–Kier alpha value is -3.60. The fourth-order valence-electron chi connectivity index (χ4n) is 4.54. The lowest BCUT2D eigenvalue weighted by Crippen LogP contribution is -2.54. The number of rotatable bonds is 5. The molecule has 2 aromatic rings. The smallest absolute Gasteiger partial charge is 0.262 e. The van der Waals surface area contributed by atoms with E-state index in [1.807, 2.05) is 0 Å². The van der Waals surface area contributed by atoms with Gasteiger partial charge in [0.15, 0.2) is 0 Å². The molecule has 1 atom stereocenters. The molecule has 4 heterocycles. The van der Waals surface area contributed by atoms with Crippen LogP contribution in [-0.4, -0.2) is 62.8 Å². The first-order valence-electron chi connectivity index (χ1n) is 10.7. The van der Waals surface area contributed by atoms with E-state index in [0.29, 0.717) is 17.4 Å². The van der Waals surface area contributed by atoms with Crippen molar-refractivity contribution in [1.82, 2.24) is 30.7 Å². The van der Waals surface area contributed by atoms with Crippen molar-refractivity contribution >= 4 is 29.6 Å². The minimum absolute atomic E-state index is 0.0858. The third-order valence-corrected chi connectivity index (χ3v) is 6.22. The first-order chi connectivity index (χ1) is 15.5. The largest absolute Gasteiger partial charge is 0.349 e. The van der Waals surface area contributed by atoms with Gasteiger partial charge in [0, 0.05) is 18.9 Å². The molecule has 11 heteroatoms. The summed E-state index contributed by atoms with van der Waals surface area (Å²) in [6.45, 7) is 2.14. The highest BCUT2D eigenvalue weighted by molar-refractivity contribution is 6.24. The van der Waals surface area contributed by atoms with Gasteiger partial charge in [0.25, 0.3) is 11.8 Å². The van der Waals surface area contributed by atoms with Crippen LogP contribution in [0.5, 0.6) is 0 Å². The van der Waals surface area contributed by atoms with Crippen LogP contribution in [0.1, 0.15) is 63.7 Å². The van der Waals surface area contributed by atoms with E-state index in [1.54, 1.807) is 18.2 Å². The SMILES string of the molecule is O=C1CCC(N2C(=O)c3cccc(CNc4n[nH]c(C5CCNCC5)n4)c3C2=O)C(=O)N1.